The number of carbonyl (C=O) groups is 1. The van der Waals surface area contributed by atoms with Gasteiger partial charge in [0, 0.05) is 25.7 Å². The first-order valence-corrected chi connectivity index (χ1v) is 3.73. The molecule has 1 saturated heterocycles. The molecular weight excluding hydrogens is 144 g/mol. The first-order chi connectivity index (χ1) is 5.20. The standard InChI is InChI=1S/C6H14N4O/c1-5-4-8-2-3-10(5)9-6(7)11/h5,8H,2-4H2,1H3,(H3,7,9,11). The summed E-state index contributed by atoms with van der Waals surface area (Å²) in [4.78, 5) is 10.5. The topological polar surface area (TPSA) is 70.4 Å². The van der Waals surface area contributed by atoms with Crippen LogP contribution in [0.5, 0.6) is 0 Å². The Labute approximate surface area is 65.9 Å². The van der Waals surface area contributed by atoms with Gasteiger partial charge in [-0.2, -0.15) is 0 Å². The number of hydrogen-bond donors (Lipinski definition) is 3. The maximum atomic E-state index is 10.5. The van der Waals surface area contributed by atoms with Crippen LogP contribution in [-0.2, 0) is 0 Å². The van der Waals surface area contributed by atoms with Crippen molar-refractivity contribution in [3.8, 4) is 0 Å². The number of nitrogens with one attached hydrogen (secondary N) is 2. The van der Waals surface area contributed by atoms with Crippen molar-refractivity contribution in [1.82, 2.24) is 15.8 Å². The summed E-state index contributed by atoms with van der Waals surface area (Å²) in [6, 6.07) is -0.171. The summed E-state index contributed by atoms with van der Waals surface area (Å²) < 4.78 is 0. The molecule has 11 heavy (non-hydrogen) atoms. The Kier molecular flexibility index (Phi) is 2.67. The molecule has 1 atom stereocenters. The van der Waals surface area contributed by atoms with Gasteiger partial charge in [-0.15, -0.1) is 0 Å². The highest BCUT2D eigenvalue weighted by molar-refractivity contribution is 5.71. The lowest BCUT2D eigenvalue weighted by atomic mass is 10.2. The zero-order valence-electron chi connectivity index (χ0n) is 6.63. The predicted octanol–water partition coefficient (Wildman–Crippen LogP) is -1.14. The molecule has 1 aliphatic heterocycles. The van der Waals surface area contributed by atoms with Crippen LogP contribution < -0.4 is 16.5 Å². The van der Waals surface area contributed by atoms with Crippen LogP contribution in [0.2, 0.25) is 0 Å². The molecule has 1 fully saturated rings. The highest BCUT2D eigenvalue weighted by atomic mass is 16.2. The molecule has 5 heteroatoms. The van der Waals surface area contributed by atoms with Crippen molar-refractivity contribution < 1.29 is 4.79 Å². The number of primary amides is 1. The third-order valence-electron chi connectivity index (χ3n) is 1.76. The lowest BCUT2D eigenvalue weighted by Gasteiger charge is -2.33. The Balaban J connectivity index is 2.35. The average Bonchev–Trinajstić information content (AvgIpc) is 1.93. The predicted molar refractivity (Wildman–Crippen MR) is 41.8 cm³/mol. The Morgan fingerprint density at radius 1 is 1.82 bits per heavy atom. The molecule has 0 bridgehead atoms. The van der Waals surface area contributed by atoms with Gasteiger partial charge in [-0.3, -0.25) is 5.43 Å². The number of carbonyl (C=O) groups excluding carboxylic acids is 1. The molecule has 64 valence electrons. The summed E-state index contributed by atoms with van der Waals surface area (Å²) >= 11 is 0. The van der Waals surface area contributed by atoms with E-state index in [1.54, 1.807) is 0 Å². The summed E-state index contributed by atoms with van der Waals surface area (Å²) in [6.45, 7) is 4.62. The number of amides is 2. The molecule has 1 unspecified atom stereocenters. The third-order valence-corrected chi connectivity index (χ3v) is 1.76. The molecule has 0 spiro atoms. The van der Waals surface area contributed by atoms with E-state index in [9.17, 15) is 4.79 Å². The average molecular weight is 158 g/mol. The van der Waals surface area contributed by atoms with E-state index in [1.807, 2.05) is 11.9 Å². The fourth-order valence-corrected chi connectivity index (χ4v) is 1.15. The number of hydrogen-bond acceptors (Lipinski definition) is 3. The molecule has 0 aromatic carbocycles. The quantitative estimate of drug-likeness (QED) is 0.452. The van der Waals surface area contributed by atoms with Gasteiger partial charge in [-0.1, -0.05) is 0 Å². The summed E-state index contributed by atoms with van der Waals surface area (Å²) in [7, 11) is 0. The van der Waals surface area contributed by atoms with Crippen LogP contribution in [-0.4, -0.2) is 36.7 Å². The third kappa shape index (κ3) is 2.36. The van der Waals surface area contributed by atoms with Crippen molar-refractivity contribution in [3.05, 3.63) is 0 Å². The van der Waals surface area contributed by atoms with Gasteiger partial charge in [0.15, 0.2) is 0 Å². The van der Waals surface area contributed by atoms with Crippen molar-refractivity contribution in [2.24, 2.45) is 5.73 Å². The summed E-state index contributed by atoms with van der Waals surface area (Å²) in [5.41, 5.74) is 7.54. The highest BCUT2D eigenvalue weighted by Gasteiger charge is 2.17. The van der Waals surface area contributed by atoms with E-state index in [-0.39, 0.29) is 0 Å². The summed E-state index contributed by atoms with van der Waals surface area (Å²) in [5, 5.41) is 5.05. The van der Waals surface area contributed by atoms with Crippen LogP contribution in [0.15, 0.2) is 0 Å². The van der Waals surface area contributed by atoms with E-state index in [2.05, 4.69) is 10.7 Å². The number of urea groups is 1. The summed E-state index contributed by atoms with van der Waals surface area (Å²) in [6.07, 6.45) is 0. The minimum absolute atomic E-state index is 0.316. The molecule has 0 radical (unpaired) electrons. The highest BCUT2D eigenvalue weighted by Crippen LogP contribution is 1.96. The van der Waals surface area contributed by atoms with Crippen LogP contribution in [0.4, 0.5) is 4.79 Å². The van der Waals surface area contributed by atoms with Gasteiger partial charge in [-0.05, 0) is 6.92 Å². The van der Waals surface area contributed by atoms with Crippen LogP contribution in [0, 0.1) is 0 Å². The maximum Gasteiger partial charge on any atom is 0.326 e. The van der Waals surface area contributed by atoms with E-state index in [4.69, 9.17) is 5.73 Å². The minimum Gasteiger partial charge on any atom is -0.351 e. The fraction of sp³-hybridized carbons (Fsp3) is 0.833. The molecule has 2 amide bonds. The van der Waals surface area contributed by atoms with Crippen molar-refractivity contribution in [2.75, 3.05) is 19.6 Å². The minimum atomic E-state index is -0.487. The monoisotopic (exact) mass is 158 g/mol. The number of nitrogens with zero attached hydrogens (tertiary/aromatic N) is 1. The molecule has 0 aliphatic carbocycles. The Morgan fingerprint density at radius 3 is 3.09 bits per heavy atom. The van der Waals surface area contributed by atoms with Gasteiger partial charge in [0.1, 0.15) is 0 Å². The number of nitrogens with two attached hydrogens (primary N) is 1. The van der Waals surface area contributed by atoms with E-state index < -0.39 is 6.03 Å². The smallest absolute Gasteiger partial charge is 0.326 e. The van der Waals surface area contributed by atoms with Crippen molar-refractivity contribution in [3.63, 3.8) is 0 Å². The van der Waals surface area contributed by atoms with Gasteiger partial charge in [0.2, 0.25) is 0 Å². The zero-order valence-corrected chi connectivity index (χ0v) is 6.63. The van der Waals surface area contributed by atoms with Gasteiger partial charge in [-0.25, -0.2) is 9.80 Å². The Hall–Kier alpha value is -0.810. The van der Waals surface area contributed by atoms with Crippen molar-refractivity contribution in [2.45, 2.75) is 13.0 Å². The first kappa shape index (κ1) is 8.29. The molecule has 0 aromatic heterocycles. The number of hydrazine groups is 1. The van der Waals surface area contributed by atoms with Crippen molar-refractivity contribution in [1.29, 1.82) is 0 Å². The van der Waals surface area contributed by atoms with Crippen LogP contribution in [0.3, 0.4) is 0 Å². The Bertz CT molecular complexity index is 150. The molecule has 0 saturated carbocycles. The van der Waals surface area contributed by atoms with E-state index in [0.717, 1.165) is 19.6 Å². The summed E-state index contributed by atoms with van der Waals surface area (Å²) in [5.74, 6) is 0. The molecule has 1 heterocycles. The lowest BCUT2D eigenvalue weighted by molar-refractivity contribution is 0.120. The molecule has 5 nitrogen and oxygen atoms in total. The molecule has 1 aliphatic rings. The lowest BCUT2D eigenvalue weighted by Crippen LogP contribution is -2.58. The molecule has 0 aromatic rings. The first-order valence-electron chi connectivity index (χ1n) is 3.73. The van der Waals surface area contributed by atoms with E-state index in [0.29, 0.717) is 6.04 Å². The second-order valence-electron chi connectivity index (χ2n) is 2.72. The van der Waals surface area contributed by atoms with Gasteiger partial charge < -0.3 is 11.1 Å². The fourth-order valence-electron chi connectivity index (χ4n) is 1.15. The maximum absolute atomic E-state index is 10.5. The number of piperazine rings is 1. The second kappa shape index (κ2) is 3.54. The van der Waals surface area contributed by atoms with Gasteiger partial charge in [0.05, 0.1) is 0 Å². The number of rotatable bonds is 1. The van der Waals surface area contributed by atoms with Crippen LogP contribution in [0.25, 0.3) is 0 Å². The molecule has 1 rings (SSSR count). The largest absolute Gasteiger partial charge is 0.351 e. The zero-order chi connectivity index (χ0) is 8.27. The van der Waals surface area contributed by atoms with Crippen molar-refractivity contribution >= 4 is 6.03 Å². The Morgan fingerprint density at radius 2 is 2.55 bits per heavy atom. The SMILES string of the molecule is CC1CNCCN1NC(N)=O. The molecule has 4 N–H and O–H groups in total. The second-order valence-corrected chi connectivity index (χ2v) is 2.72. The van der Waals surface area contributed by atoms with E-state index >= 15 is 0 Å². The van der Waals surface area contributed by atoms with Crippen LogP contribution in [0.1, 0.15) is 6.92 Å². The molecular formula is C6H14N4O. The van der Waals surface area contributed by atoms with E-state index in [1.165, 1.54) is 0 Å². The van der Waals surface area contributed by atoms with Gasteiger partial charge >= 0.3 is 6.03 Å². The normalized spacial score (nSPS) is 26.5. The van der Waals surface area contributed by atoms with Gasteiger partial charge in [0.25, 0.3) is 0 Å². The van der Waals surface area contributed by atoms with Crippen LogP contribution >= 0.6 is 0 Å².